The van der Waals surface area contributed by atoms with E-state index in [1.165, 1.54) is 0 Å². The smallest absolute Gasteiger partial charge is 0.343 e. The summed E-state index contributed by atoms with van der Waals surface area (Å²) in [5.41, 5.74) is 3.97. The van der Waals surface area contributed by atoms with Gasteiger partial charge in [0.25, 0.3) is 0 Å². The van der Waals surface area contributed by atoms with Gasteiger partial charge in [-0.05, 0) is 84.5 Å². The average molecular weight is 461 g/mol. The quantitative estimate of drug-likeness (QED) is 0.302. The van der Waals surface area contributed by atoms with Gasteiger partial charge in [-0.25, -0.2) is 4.79 Å². The molecule has 33 heavy (non-hydrogen) atoms. The molecule has 0 bridgehead atoms. The molecule has 0 saturated carbocycles. The predicted octanol–water partition coefficient (Wildman–Crippen LogP) is 7.25. The van der Waals surface area contributed by atoms with Gasteiger partial charge in [0.1, 0.15) is 5.58 Å². The van der Waals surface area contributed by atoms with Crippen molar-refractivity contribution in [2.75, 3.05) is 0 Å². The van der Waals surface area contributed by atoms with Crippen LogP contribution in [0.1, 0.15) is 47.8 Å². The lowest BCUT2D eigenvalue weighted by Gasteiger charge is -2.19. The van der Waals surface area contributed by atoms with Gasteiger partial charge in [-0.15, -0.1) is 0 Å². The summed E-state index contributed by atoms with van der Waals surface area (Å²) in [6.45, 7) is 10.2. The second-order valence-corrected chi connectivity index (χ2v) is 9.68. The van der Waals surface area contributed by atoms with Crippen molar-refractivity contribution in [3.05, 3.63) is 98.2 Å². The lowest BCUT2D eigenvalue weighted by molar-refractivity contribution is 0.0731. The second kappa shape index (κ2) is 8.53. The highest BCUT2D eigenvalue weighted by atomic mass is 35.5. The van der Waals surface area contributed by atoms with Gasteiger partial charge in [0.15, 0.2) is 5.76 Å². The number of esters is 1. The van der Waals surface area contributed by atoms with E-state index in [9.17, 15) is 9.59 Å². The molecule has 4 rings (SSSR count). The van der Waals surface area contributed by atoms with E-state index in [-0.39, 0.29) is 16.9 Å². The first kappa shape index (κ1) is 22.8. The van der Waals surface area contributed by atoms with Crippen molar-refractivity contribution in [2.24, 2.45) is 0 Å². The molecular formula is C28H25ClO4. The SMILES string of the molecule is Cc1cc2oc(-c3ccc(Cl)cc3)c(OC(=O)c3ccc(C(C)(C)C)cc3)c(=O)c2cc1C. The number of ether oxygens (including phenoxy) is 1. The van der Waals surface area contributed by atoms with Crippen molar-refractivity contribution in [3.63, 3.8) is 0 Å². The molecular weight excluding hydrogens is 436 g/mol. The highest BCUT2D eigenvalue weighted by Crippen LogP contribution is 2.33. The first-order valence-corrected chi connectivity index (χ1v) is 11.1. The van der Waals surface area contributed by atoms with Crippen LogP contribution >= 0.6 is 11.6 Å². The van der Waals surface area contributed by atoms with E-state index in [4.69, 9.17) is 20.8 Å². The molecule has 0 radical (unpaired) electrons. The van der Waals surface area contributed by atoms with Gasteiger partial charge in [0.05, 0.1) is 10.9 Å². The molecule has 0 fully saturated rings. The van der Waals surface area contributed by atoms with E-state index in [1.807, 2.05) is 32.0 Å². The maximum absolute atomic E-state index is 13.4. The Kier molecular flexibility index (Phi) is 5.89. The number of carbonyl (C=O) groups is 1. The molecule has 0 unspecified atom stereocenters. The maximum atomic E-state index is 13.4. The Balaban J connectivity index is 1.84. The molecule has 168 valence electrons. The van der Waals surface area contributed by atoms with Gasteiger partial charge in [0, 0.05) is 10.6 Å². The Labute approximate surface area is 197 Å². The largest absolute Gasteiger partial charge is 0.452 e. The third kappa shape index (κ3) is 4.57. The molecule has 0 amide bonds. The molecule has 3 aromatic carbocycles. The van der Waals surface area contributed by atoms with Gasteiger partial charge in [-0.1, -0.05) is 44.5 Å². The van der Waals surface area contributed by atoms with Gasteiger partial charge in [-0.3, -0.25) is 4.79 Å². The Bertz CT molecular complexity index is 1410. The van der Waals surface area contributed by atoms with E-state index in [2.05, 4.69) is 20.8 Å². The molecule has 0 aliphatic heterocycles. The topological polar surface area (TPSA) is 56.5 Å². The molecule has 1 aromatic heterocycles. The number of benzene rings is 3. The Morgan fingerprint density at radius 3 is 2.12 bits per heavy atom. The van der Waals surface area contributed by atoms with Crippen molar-refractivity contribution >= 4 is 28.5 Å². The zero-order valence-corrected chi connectivity index (χ0v) is 20.0. The van der Waals surface area contributed by atoms with Crippen LogP contribution in [0.4, 0.5) is 0 Å². The lowest BCUT2D eigenvalue weighted by atomic mass is 9.87. The van der Waals surface area contributed by atoms with Crippen molar-refractivity contribution in [1.82, 2.24) is 0 Å². The predicted molar refractivity (Wildman–Crippen MR) is 133 cm³/mol. The van der Waals surface area contributed by atoms with E-state index >= 15 is 0 Å². The van der Waals surface area contributed by atoms with Crippen molar-refractivity contribution in [2.45, 2.75) is 40.0 Å². The molecule has 5 heteroatoms. The number of carbonyl (C=O) groups excluding carboxylic acids is 1. The number of rotatable bonds is 3. The molecule has 1 heterocycles. The number of fused-ring (bicyclic) bond motifs is 1. The zero-order valence-electron chi connectivity index (χ0n) is 19.3. The summed E-state index contributed by atoms with van der Waals surface area (Å²) in [7, 11) is 0. The highest BCUT2D eigenvalue weighted by molar-refractivity contribution is 6.30. The van der Waals surface area contributed by atoms with E-state index < -0.39 is 11.4 Å². The van der Waals surface area contributed by atoms with E-state index in [0.717, 1.165) is 16.7 Å². The molecule has 0 aliphatic rings. The molecule has 4 aromatic rings. The minimum absolute atomic E-state index is 0.0421. The fourth-order valence-electron chi connectivity index (χ4n) is 3.58. The van der Waals surface area contributed by atoms with Crippen LogP contribution in [0.25, 0.3) is 22.3 Å². The average Bonchev–Trinajstić information content (AvgIpc) is 2.77. The van der Waals surface area contributed by atoms with Gasteiger partial charge in [0.2, 0.25) is 11.2 Å². The summed E-state index contributed by atoms with van der Waals surface area (Å²) in [4.78, 5) is 26.4. The highest BCUT2D eigenvalue weighted by Gasteiger charge is 2.22. The molecule has 0 atom stereocenters. The summed E-state index contributed by atoms with van der Waals surface area (Å²) < 4.78 is 11.8. The summed E-state index contributed by atoms with van der Waals surface area (Å²) in [5, 5.41) is 0.910. The summed E-state index contributed by atoms with van der Waals surface area (Å²) in [6, 6.07) is 17.6. The Hall–Kier alpha value is -3.37. The van der Waals surface area contributed by atoms with Gasteiger partial charge < -0.3 is 9.15 Å². The lowest BCUT2D eigenvalue weighted by Crippen LogP contribution is -2.17. The molecule has 0 N–H and O–H groups in total. The van der Waals surface area contributed by atoms with Gasteiger partial charge >= 0.3 is 5.97 Å². The number of aryl methyl sites for hydroxylation is 2. The van der Waals surface area contributed by atoms with Crippen LogP contribution in [0.5, 0.6) is 5.75 Å². The van der Waals surface area contributed by atoms with E-state index in [0.29, 0.717) is 27.1 Å². The minimum atomic E-state index is -0.624. The van der Waals surface area contributed by atoms with Crippen molar-refractivity contribution in [3.8, 4) is 17.1 Å². The molecule has 4 nitrogen and oxygen atoms in total. The van der Waals surface area contributed by atoms with Crippen LogP contribution in [0.2, 0.25) is 5.02 Å². The minimum Gasteiger partial charge on any atom is -0.452 e. The van der Waals surface area contributed by atoms with Crippen LogP contribution < -0.4 is 10.2 Å². The van der Waals surface area contributed by atoms with Crippen LogP contribution in [-0.4, -0.2) is 5.97 Å². The molecule has 0 saturated heterocycles. The second-order valence-electron chi connectivity index (χ2n) is 9.25. The third-order valence-electron chi connectivity index (χ3n) is 5.75. The first-order chi connectivity index (χ1) is 15.5. The Morgan fingerprint density at radius 2 is 1.52 bits per heavy atom. The van der Waals surface area contributed by atoms with Crippen LogP contribution in [0, 0.1) is 13.8 Å². The normalized spacial score (nSPS) is 11.6. The number of hydrogen-bond donors (Lipinski definition) is 0. The third-order valence-corrected chi connectivity index (χ3v) is 6.00. The monoisotopic (exact) mass is 460 g/mol. The number of halogens is 1. The standard InChI is InChI=1S/C28H25ClO4/c1-16-14-22-23(15-17(16)2)32-25(18-8-12-21(29)13-9-18)26(24(22)30)33-27(31)19-6-10-20(11-7-19)28(3,4)5/h6-15H,1-5H3. The fraction of sp³-hybridized carbons (Fsp3) is 0.214. The van der Waals surface area contributed by atoms with E-state index in [1.54, 1.807) is 42.5 Å². The van der Waals surface area contributed by atoms with Crippen molar-refractivity contribution in [1.29, 1.82) is 0 Å². The summed E-state index contributed by atoms with van der Waals surface area (Å²) in [6.07, 6.45) is 0. The summed E-state index contributed by atoms with van der Waals surface area (Å²) in [5.74, 6) is -0.578. The zero-order chi connectivity index (χ0) is 23.9. The van der Waals surface area contributed by atoms with Gasteiger partial charge in [-0.2, -0.15) is 0 Å². The number of hydrogen-bond acceptors (Lipinski definition) is 4. The van der Waals surface area contributed by atoms with Crippen LogP contribution in [0.3, 0.4) is 0 Å². The van der Waals surface area contributed by atoms with Crippen LogP contribution in [0.15, 0.2) is 69.9 Å². The van der Waals surface area contributed by atoms with Crippen molar-refractivity contribution < 1.29 is 13.9 Å². The fourth-order valence-corrected chi connectivity index (χ4v) is 3.70. The summed E-state index contributed by atoms with van der Waals surface area (Å²) >= 11 is 6.03. The van der Waals surface area contributed by atoms with Crippen LogP contribution in [-0.2, 0) is 5.41 Å². The molecule has 0 spiro atoms. The molecule has 0 aliphatic carbocycles. The first-order valence-electron chi connectivity index (χ1n) is 10.7. The Morgan fingerprint density at radius 1 is 0.909 bits per heavy atom. The maximum Gasteiger partial charge on any atom is 0.343 e.